The lowest BCUT2D eigenvalue weighted by atomic mass is 10.1. The molecule has 0 radical (unpaired) electrons. The molecule has 86 valence electrons. The van der Waals surface area contributed by atoms with E-state index >= 15 is 0 Å². The SMILES string of the molecule is Cn1cc(C(=O)/C=C/c2cccc(F)c2)cn1. The Morgan fingerprint density at radius 2 is 2.29 bits per heavy atom. The summed E-state index contributed by atoms with van der Waals surface area (Å²) in [6, 6.07) is 6.06. The number of allylic oxidation sites excluding steroid dienone is 1. The predicted molar refractivity (Wildman–Crippen MR) is 63.0 cm³/mol. The van der Waals surface area contributed by atoms with Crippen LogP contribution in [0.3, 0.4) is 0 Å². The van der Waals surface area contributed by atoms with Gasteiger partial charge in [0.05, 0.1) is 11.8 Å². The molecule has 0 atom stereocenters. The van der Waals surface area contributed by atoms with Gasteiger partial charge in [0.2, 0.25) is 0 Å². The molecule has 0 aliphatic rings. The van der Waals surface area contributed by atoms with E-state index in [2.05, 4.69) is 5.10 Å². The number of hydrogen-bond donors (Lipinski definition) is 0. The molecule has 0 saturated carbocycles. The Hall–Kier alpha value is -2.23. The average Bonchev–Trinajstić information content (AvgIpc) is 2.73. The molecule has 0 N–H and O–H groups in total. The second-order valence-corrected chi connectivity index (χ2v) is 3.66. The van der Waals surface area contributed by atoms with Crippen LogP contribution in [0.2, 0.25) is 0 Å². The van der Waals surface area contributed by atoms with Crippen molar-refractivity contribution in [3.8, 4) is 0 Å². The van der Waals surface area contributed by atoms with E-state index in [9.17, 15) is 9.18 Å². The van der Waals surface area contributed by atoms with Crippen molar-refractivity contribution in [1.29, 1.82) is 0 Å². The Kier molecular flexibility index (Phi) is 3.14. The van der Waals surface area contributed by atoms with Crippen LogP contribution >= 0.6 is 0 Å². The highest BCUT2D eigenvalue weighted by atomic mass is 19.1. The van der Waals surface area contributed by atoms with Crippen LogP contribution in [0.25, 0.3) is 6.08 Å². The van der Waals surface area contributed by atoms with Crippen molar-refractivity contribution in [2.75, 3.05) is 0 Å². The maximum atomic E-state index is 12.9. The van der Waals surface area contributed by atoms with Crippen molar-refractivity contribution in [3.63, 3.8) is 0 Å². The van der Waals surface area contributed by atoms with Gasteiger partial charge in [0.25, 0.3) is 0 Å². The Bertz CT molecular complexity index is 572. The molecule has 1 aromatic heterocycles. The summed E-state index contributed by atoms with van der Waals surface area (Å²) in [5.74, 6) is -0.469. The van der Waals surface area contributed by atoms with Crippen molar-refractivity contribution in [2.45, 2.75) is 0 Å². The van der Waals surface area contributed by atoms with Gasteiger partial charge in [0.1, 0.15) is 5.82 Å². The first-order chi connectivity index (χ1) is 8.15. The summed E-state index contributed by atoms with van der Waals surface area (Å²) >= 11 is 0. The number of benzene rings is 1. The summed E-state index contributed by atoms with van der Waals surface area (Å²) in [6.07, 6.45) is 6.13. The highest BCUT2D eigenvalue weighted by molar-refractivity contribution is 6.06. The van der Waals surface area contributed by atoms with Crippen molar-refractivity contribution in [2.24, 2.45) is 7.05 Å². The standard InChI is InChI=1S/C13H11FN2O/c1-16-9-11(8-15-16)13(17)6-5-10-3-2-4-12(14)7-10/h2-9H,1H3/b6-5+. The Balaban J connectivity index is 2.13. The largest absolute Gasteiger partial charge is 0.289 e. The van der Waals surface area contributed by atoms with Gasteiger partial charge in [-0.15, -0.1) is 0 Å². The van der Waals surface area contributed by atoms with Crippen molar-refractivity contribution >= 4 is 11.9 Å². The molecule has 1 aromatic carbocycles. The topological polar surface area (TPSA) is 34.9 Å². The molecular weight excluding hydrogens is 219 g/mol. The van der Waals surface area contributed by atoms with Crippen LogP contribution in [0.1, 0.15) is 15.9 Å². The van der Waals surface area contributed by atoms with Crippen LogP contribution in [0.4, 0.5) is 4.39 Å². The van der Waals surface area contributed by atoms with Gasteiger partial charge in [0, 0.05) is 13.2 Å². The smallest absolute Gasteiger partial charge is 0.189 e. The summed E-state index contributed by atoms with van der Waals surface area (Å²) in [5, 5.41) is 3.91. The number of carbonyl (C=O) groups is 1. The first-order valence-electron chi connectivity index (χ1n) is 5.12. The second kappa shape index (κ2) is 4.74. The van der Waals surface area contributed by atoms with Gasteiger partial charge >= 0.3 is 0 Å². The third-order valence-electron chi connectivity index (χ3n) is 2.27. The highest BCUT2D eigenvalue weighted by Crippen LogP contribution is 2.07. The van der Waals surface area contributed by atoms with Crippen LogP contribution in [0.5, 0.6) is 0 Å². The third-order valence-corrected chi connectivity index (χ3v) is 2.27. The molecule has 0 unspecified atom stereocenters. The maximum absolute atomic E-state index is 12.9. The van der Waals surface area contributed by atoms with Gasteiger partial charge in [-0.05, 0) is 23.8 Å². The van der Waals surface area contributed by atoms with Crippen molar-refractivity contribution in [3.05, 3.63) is 59.7 Å². The summed E-state index contributed by atoms with van der Waals surface area (Å²) < 4.78 is 14.4. The average molecular weight is 230 g/mol. The second-order valence-electron chi connectivity index (χ2n) is 3.66. The fraction of sp³-hybridized carbons (Fsp3) is 0.0769. The molecule has 0 aliphatic heterocycles. The van der Waals surface area contributed by atoms with Crippen molar-refractivity contribution < 1.29 is 9.18 Å². The van der Waals surface area contributed by atoms with E-state index in [0.29, 0.717) is 11.1 Å². The Labute approximate surface area is 98.2 Å². The molecular formula is C13H11FN2O. The van der Waals surface area contributed by atoms with E-state index in [-0.39, 0.29) is 11.6 Å². The summed E-state index contributed by atoms with van der Waals surface area (Å²) in [7, 11) is 1.74. The number of nitrogens with zero attached hydrogens (tertiary/aromatic N) is 2. The fourth-order valence-electron chi connectivity index (χ4n) is 1.43. The lowest BCUT2D eigenvalue weighted by Crippen LogP contribution is -1.91. The monoisotopic (exact) mass is 230 g/mol. The Morgan fingerprint density at radius 1 is 1.47 bits per heavy atom. The number of hydrogen-bond acceptors (Lipinski definition) is 2. The summed E-state index contributed by atoms with van der Waals surface area (Å²) in [5.41, 5.74) is 1.17. The molecule has 0 fully saturated rings. The highest BCUT2D eigenvalue weighted by Gasteiger charge is 2.03. The van der Waals surface area contributed by atoms with Crippen molar-refractivity contribution in [1.82, 2.24) is 9.78 Å². The van der Waals surface area contributed by atoms with Gasteiger partial charge in [0.15, 0.2) is 5.78 Å². The minimum atomic E-state index is -0.319. The number of rotatable bonds is 3. The maximum Gasteiger partial charge on any atom is 0.189 e. The number of aryl methyl sites for hydroxylation is 1. The number of halogens is 1. The third kappa shape index (κ3) is 2.87. The van der Waals surface area contributed by atoms with Gasteiger partial charge in [-0.1, -0.05) is 18.2 Å². The van der Waals surface area contributed by atoms with Crippen LogP contribution < -0.4 is 0 Å². The molecule has 0 bridgehead atoms. The number of aromatic nitrogens is 2. The normalized spacial score (nSPS) is 10.9. The predicted octanol–water partition coefficient (Wildman–Crippen LogP) is 2.46. The lowest BCUT2D eigenvalue weighted by Gasteiger charge is -1.92. The van der Waals surface area contributed by atoms with Gasteiger partial charge < -0.3 is 0 Å². The van der Waals surface area contributed by atoms with Crippen LogP contribution in [0.15, 0.2) is 42.7 Å². The molecule has 3 nitrogen and oxygen atoms in total. The van der Waals surface area contributed by atoms with Crippen LogP contribution in [0, 0.1) is 5.82 Å². The quantitative estimate of drug-likeness (QED) is 0.599. The Morgan fingerprint density at radius 3 is 2.94 bits per heavy atom. The van der Waals surface area contributed by atoms with Crippen LogP contribution in [-0.4, -0.2) is 15.6 Å². The first-order valence-corrected chi connectivity index (χ1v) is 5.12. The van der Waals surface area contributed by atoms with Gasteiger partial charge in [-0.25, -0.2) is 4.39 Å². The minimum Gasteiger partial charge on any atom is -0.289 e. The minimum absolute atomic E-state index is 0.151. The molecule has 0 spiro atoms. The fourth-order valence-corrected chi connectivity index (χ4v) is 1.43. The zero-order valence-electron chi connectivity index (χ0n) is 9.30. The zero-order chi connectivity index (χ0) is 12.3. The summed E-state index contributed by atoms with van der Waals surface area (Å²) in [6.45, 7) is 0. The molecule has 2 rings (SSSR count). The molecule has 0 saturated heterocycles. The van der Waals surface area contributed by atoms with Gasteiger partial charge in [-0.3, -0.25) is 9.48 Å². The molecule has 17 heavy (non-hydrogen) atoms. The number of ketones is 1. The lowest BCUT2D eigenvalue weighted by molar-refractivity contribution is 0.104. The van der Waals surface area contributed by atoms with E-state index < -0.39 is 0 Å². The first kappa shape index (κ1) is 11.3. The molecule has 2 aromatic rings. The van der Waals surface area contributed by atoms with E-state index in [4.69, 9.17) is 0 Å². The van der Waals surface area contributed by atoms with E-state index in [0.717, 1.165) is 0 Å². The van der Waals surface area contributed by atoms with E-state index in [1.165, 1.54) is 24.4 Å². The molecule has 0 amide bonds. The molecule has 0 aliphatic carbocycles. The number of carbonyl (C=O) groups excluding carboxylic acids is 1. The van der Waals surface area contributed by atoms with E-state index in [1.54, 1.807) is 36.1 Å². The summed E-state index contributed by atoms with van der Waals surface area (Å²) in [4.78, 5) is 11.7. The van der Waals surface area contributed by atoms with Gasteiger partial charge in [-0.2, -0.15) is 5.10 Å². The van der Waals surface area contributed by atoms with Crippen LogP contribution in [-0.2, 0) is 7.05 Å². The zero-order valence-corrected chi connectivity index (χ0v) is 9.30. The molecule has 1 heterocycles. The van der Waals surface area contributed by atoms with E-state index in [1.807, 2.05) is 0 Å². The molecule has 4 heteroatoms.